The summed E-state index contributed by atoms with van der Waals surface area (Å²) in [5, 5.41) is 11.0. The molecule has 1 spiro atoms. The molecule has 1 aromatic heterocycles. The van der Waals surface area contributed by atoms with E-state index in [9.17, 15) is 9.59 Å². The van der Waals surface area contributed by atoms with Gasteiger partial charge >= 0.3 is 0 Å². The number of amides is 2. The number of benzene rings is 1. The summed E-state index contributed by atoms with van der Waals surface area (Å²) in [6.45, 7) is 1.80. The van der Waals surface area contributed by atoms with Crippen LogP contribution < -0.4 is 4.90 Å². The molecule has 0 aliphatic carbocycles. The van der Waals surface area contributed by atoms with Crippen LogP contribution in [0.4, 0.5) is 5.69 Å². The molecule has 1 saturated heterocycles. The van der Waals surface area contributed by atoms with E-state index in [1.54, 1.807) is 15.9 Å². The number of piperidine rings is 1. The highest BCUT2D eigenvalue weighted by atomic mass is 16.2. The molecule has 0 bridgehead atoms. The Bertz CT molecular complexity index is 821. The van der Waals surface area contributed by atoms with Crippen LogP contribution in [0.3, 0.4) is 0 Å². The minimum atomic E-state index is -0.588. The fourth-order valence-corrected chi connectivity index (χ4v) is 4.21. The summed E-state index contributed by atoms with van der Waals surface area (Å²) in [6, 6.07) is 7.93. The molecular weight excluding hydrogens is 332 g/mol. The third-order valence-corrected chi connectivity index (χ3v) is 5.51. The van der Waals surface area contributed by atoms with Crippen molar-refractivity contribution in [2.45, 2.75) is 37.6 Å². The number of aryl methyl sites for hydroxylation is 1. The summed E-state index contributed by atoms with van der Waals surface area (Å²) < 4.78 is 1.62. The normalized spacial score (nSPS) is 22.1. The highest BCUT2D eigenvalue weighted by molar-refractivity contribution is 6.08. The van der Waals surface area contributed by atoms with Crippen molar-refractivity contribution >= 4 is 17.5 Å². The number of hydrogen-bond donors (Lipinski definition) is 0. The molecule has 0 N–H and O–H groups in total. The number of aromatic nitrogens is 4. The average molecular weight is 354 g/mol. The van der Waals surface area contributed by atoms with Crippen LogP contribution in [0, 0.1) is 0 Å². The molecule has 1 aromatic carbocycles. The zero-order valence-corrected chi connectivity index (χ0v) is 14.8. The van der Waals surface area contributed by atoms with Gasteiger partial charge in [0.1, 0.15) is 6.33 Å². The lowest BCUT2D eigenvalue weighted by Crippen LogP contribution is -2.53. The van der Waals surface area contributed by atoms with Crippen LogP contribution in [0.25, 0.3) is 0 Å². The maximum atomic E-state index is 13.0. The lowest BCUT2D eigenvalue weighted by Gasteiger charge is -2.39. The minimum absolute atomic E-state index is 0.0944. The van der Waals surface area contributed by atoms with Gasteiger partial charge in [-0.3, -0.25) is 9.59 Å². The number of tetrazole rings is 1. The van der Waals surface area contributed by atoms with Crippen LogP contribution in [0.5, 0.6) is 0 Å². The highest BCUT2D eigenvalue weighted by Crippen LogP contribution is 2.46. The van der Waals surface area contributed by atoms with Crippen molar-refractivity contribution in [2.24, 2.45) is 0 Å². The molecule has 0 radical (unpaired) electrons. The van der Waals surface area contributed by atoms with E-state index in [1.165, 1.54) is 0 Å². The van der Waals surface area contributed by atoms with Crippen LogP contribution in [0.1, 0.15) is 31.2 Å². The lowest BCUT2D eigenvalue weighted by atomic mass is 9.75. The molecule has 0 saturated carbocycles. The van der Waals surface area contributed by atoms with Crippen LogP contribution in [-0.2, 0) is 21.5 Å². The largest absolute Gasteiger partial charge is 0.341 e. The molecule has 2 aromatic rings. The zero-order chi connectivity index (χ0) is 18.1. The van der Waals surface area contributed by atoms with Crippen molar-refractivity contribution in [3.05, 3.63) is 36.2 Å². The van der Waals surface area contributed by atoms with Gasteiger partial charge < -0.3 is 9.80 Å². The summed E-state index contributed by atoms with van der Waals surface area (Å²) in [6.07, 6.45) is 4.29. The molecule has 136 valence electrons. The SMILES string of the molecule is CN1C(=O)[C@]2(CCCN(C(=O)CCCn3cnnn3)C2)c2ccccc21. The Balaban J connectivity index is 1.47. The van der Waals surface area contributed by atoms with Gasteiger partial charge in [-0.05, 0) is 41.3 Å². The molecule has 3 heterocycles. The van der Waals surface area contributed by atoms with Gasteiger partial charge in [0.05, 0.1) is 5.41 Å². The second-order valence-corrected chi connectivity index (χ2v) is 7.06. The van der Waals surface area contributed by atoms with E-state index in [-0.39, 0.29) is 11.8 Å². The smallest absolute Gasteiger partial charge is 0.239 e. The van der Waals surface area contributed by atoms with Gasteiger partial charge in [0.25, 0.3) is 0 Å². The second-order valence-electron chi connectivity index (χ2n) is 7.06. The summed E-state index contributed by atoms with van der Waals surface area (Å²) in [4.78, 5) is 29.3. The Kier molecular flexibility index (Phi) is 4.18. The number of hydrogen-bond acceptors (Lipinski definition) is 5. The average Bonchev–Trinajstić information content (AvgIpc) is 3.25. The summed E-state index contributed by atoms with van der Waals surface area (Å²) >= 11 is 0. The van der Waals surface area contributed by atoms with Gasteiger partial charge in [-0.25, -0.2) is 4.68 Å². The third-order valence-electron chi connectivity index (χ3n) is 5.51. The van der Waals surface area contributed by atoms with Gasteiger partial charge in [-0.15, -0.1) is 5.10 Å². The minimum Gasteiger partial charge on any atom is -0.341 e. The number of carbonyl (C=O) groups is 2. The Morgan fingerprint density at radius 3 is 2.96 bits per heavy atom. The fourth-order valence-electron chi connectivity index (χ4n) is 4.21. The zero-order valence-electron chi connectivity index (χ0n) is 14.8. The summed E-state index contributed by atoms with van der Waals surface area (Å²) in [5.41, 5.74) is 1.43. The molecule has 4 rings (SSSR count). The highest BCUT2D eigenvalue weighted by Gasteiger charge is 2.52. The quantitative estimate of drug-likeness (QED) is 0.817. The predicted molar refractivity (Wildman–Crippen MR) is 94.4 cm³/mol. The van der Waals surface area contributed by atoms with Crippen molar-refractivity contribution in [2.75, 3.05) is 25.0 Å². The number of para-hydroxylation sites is 1. The van der Waals surface area contributed by atoms with Crippen molar-refractivity contribution in [3.8, 4) is 0 Å². The number of likely N-dealkylation sites (tertiary alicyclic amines) is 1. The van der Waals surface area contributed by atoms with Gasteiger partial charge in [0.2, 0.25) is 11.8 Å². The predicted octanol–water partition coefficient (Wildman–Crippen LogP) is 0.990. The van der Waals surface area contributed by atoms with Crippen LogP contribution >= 0.6 is 0 Å². The number of fused-ring (bicyclic) bond motifs is 2. The molecule has 26 heavy (non-hydrogen) atoms. The van der Waals surface area contributed by atoms with Gasteiger partial charge in [-0.2, -0.15) is 0 Å². The van der Waals surface area contributed by atoms with Gasteiger partial charge in [-0.1, -0.05) is 18.2 Å². The second kappa shape index (κ2) is 6.51. The van der Waals surface area contributed by atoms with Crippen molar-refractivity contribution in [1.82, 2.24) is 25.1 Å². The molecule has 8 nitrogen and oxygen atoms in total. The Morgan fingerprint density at radius 2 is 2.15 bits per heavy atom. The number of carbonyl (C=O) groups excluding carboxylic acids is 2. The maximum absolute atomic E-state index is 13.0. The number of likely N-dealkylation sites (N-methyl/N-ethyl adjacent to an activating group) is 1. The third kappa shape index (κ3) is 2.65. The van der Waals surface area contributed by atoms with Crippen molar-refractivity contribution in [1.29, 1.82) is 0 Å². The summed E-state index contributed by atoms with van der Waals surface area (Å²) in [7, 11) is 1.82. The first-order valence-corrected chi connectivity index (χ1v) is 8.98. The van der Waals surface area contributed by atoms with Gasteiger partial charge in [0.15, 0.2) is 0 Å². The molecule has 2 aliphatic rings. The lowest BCUT2D eigenvalue weighted by molar-refractivity contribution is -0.136. The first kappa shape index (κ1) is 16.7. The molecule has 2 aliphatic heterocycles. The molecule has 0 unspecified atom stereocenters. The van der Waals surface area contributed by atoms with Crippen LogP contribution in [-0.4, -0.2) is 57.1 Å². The molecule has 2 amide bonds. The van der Waals surface area contributed by atoms with E-state index in [1.807, 2.05) is 36.2 Å². The fraction of sp³-hybridized carbons (Fsp3) is 0.500. The number of anilines is 1. The van der Waals surface area contributed by atoms with E-state index in [4.69, 9.17) is 0 Å². The first-order chi connectivity index (χ1) is 12.6. The monoisotopic (exact) mass is 354 g/mol. The van der Waals surface area contributed by atoms with Crippen LogP contribution in [0.2, 0.25) is 0 Å². The van der Waals surface area contributed by atoms with E-state index in [0.717, 1.165) is 24.1 Å². The van der Waals surface area contributed by atoms with Gasteiger partial charge in [0, 0.05) is 38.8 Å². The molecule has 1 fully saturated rings. The van der Waals surface area contributed by atoms with Crippen molar-refractivity contribution in [3.63, 3.8) is 0 Å². The van der Waals surface area contributed by atoms with E-state index in [2.05, 4.69) is 15.5 Å². The molecular formula is C18H22N6O2. The number of rotatable bonds is 4. The summed E-state index contributed by atoms with van der Waals surface area (Å²) in [5.74, 6) is 0.196. The molecule has 1 atom stereocenters. The van der Waals surface area contributed by atoms with E-state index in [0.29, 0.717) is 32.5 Å². The number of nitrogens with zero attached hydrogens (tertiary/aromatic N) is 6. The Labute approximate surface area is 151 Å². The van der Waals surface area contributed by atoms with Crippen molar-refractivity contribution < 1.29 is 9.59 Å². The van der Waals surface area contributed by atoms with E-state index >= 15 is 0 Å². The topological polar surface area (TPSA) is 84.2 Å². The van der Waals surface area contributed by atoms with Crippen LogP contribution in [0.15, 0.2) is 30.6 Å². The standard InChI is InChI=1S/C18H22N6O2/c1-22-15-7-3-2-6-14(15)18(17(22)26)9-5-10-23(12-18)16(25)8-4-11-24-13-19-20-21-24/h2-3,6-7,13H,4-5,8-12H2,1H3/t18-/m0/s1. The molecule has 8 heteroatoms. The first-order valence-electron chi connectivity index (χ1n) is 8.98. The van der Waals surface area contributed by atoms with E-state index < -0.39 is 5.41 Å². The Hall–Kier alpha value is -2.77. The Morgan fingerprint density at radius 1 is 1.31 bits per heavy atom. The maximum Gasteiger partial charge on any atom is 0.239 e.